The fourth-order valence-electron chi connectivity index (χ4n) is 1.96. The summed E-state index contributed by atoms with van der Waals surface area (Å²) in [6, 6.07) is 16.4. The van der Waals surface area contributed by atoms with Gasteiger partial charge in [0.1, 0.15) is 0 Å². The molecule has 0 radical (unpaired) electrons. The molecular formula is C17H18N2. The van der Waals surface area contributed by atoms with E-state index in [-0.39, 0.29) is 5.41 Å². The molecule has 0 unspecified atom stereocenters. The van der Waals surface area contributed by atoms with E-state index >= 15 is 0 Å². The maximum absolute atomic E-state index is 8.72. The van der Waals surface area contributed by atoms with Crippen molar-refractivity contribution in [3.63, 3.8) is 0 Å². The van der Waals surface area contributed by atoms with Gasteiger partial charge in [0.15, 0.2) is 0 Å². The molecule has 0 spiro atoms. The van der Waals surface area contributed by atoms with Crippen LogP contribution in [0.15, 0.2) is 42.5 Å². The first-order valence-electron chi connectivity index (χ1n) is 6.44. The van der Waals surface area contributed by atoms with Crippen molar-refractivity contribution in [2.45, 2.75) is 32.6 Å². The number of hydrogen-bond acceptors (Lipinski definition) is 2. The SMILES string of the molecule is CC(C)(C)c1ccc(-c2cccc(CC#N)n2)cc1. The van der Waals surface area contributed by atoms with Gasteiger partial charge in [-0.25, -0.2) is 0 Å². The van der Waals surface area contributed by atoms with Gasteiger partial charge in [-0.1, -0.05) is 51.1 Å². The fourth-order valence-corrected chi connectivity index (χ4v) is 1.96. The maximum atomic E-state index is 8.72. The van der Waals surface area contributed by atoms with Crippen LogP contribution in [-0.4, -0.2) is 4.98 Å². The molecule has 0 bridgehead atoms. The molecule has 0 fully saturated rings. The van der Waals surface area contributed by atoms with Crippen LogP contribution in [0.2, 0.25) is 0 Å². The topological polar surface area (TPSA) is 36.7 Å². The summed E-state index contributed by atoms with van der Waals surface area (Å²) in [4.78, 5) is 4.50. The van der Waals surface area contributed by atoms with Crippen molar-refractivity contribution < 1.29 is 0 Å². The lowest BCUT2D eigenvalue weighted by Crippen LogP contribution is -2.10. The van der Waals surface area contributed by atoms with E-state index in [1.54, 1.807) is 0 Å². The van der Waals surface area contributed by atoms with Crippen molar-refractivity contribution in [3.8, 4) is 17.3 Å². The van der Waals surface area contributed by atoms with Crippen molar-refractivity contribution in [3.05, 3.63) is 53.7 Å². The Kier molecular flexibility index (Phi) is 3.66. The zero-order valence-corrected chi connectivity index (χ0v) is 11.6. The molecule has 2 nitrogen and oxygen atoms in total. The number of pyridine rings is 1. The van der Waals surface area contributed by atoms with E-state index in [2.05, 4.69) is 56.1 Å². The quantitative estimate of drug-likeness (QED) is 0.804. The summed E-state index contributed by atoms with van der Waals surface area (Å²) in [6.45, 7) is 6.61. The summed E-state index contributed by atoms with van der Waals surface area (Å²) in [5, 5.41) is 8.72. The van der Waals surface area contributed by atoms with Gasteiger partial charge in [0.25, 0.3) is 0 Å². The van der Waals surface area contributed by atoms with Crippen molar-refractivity contribution >= 4 is 0 Å². The van der Waals surface area contributed by atoms with Crippen molar-refractivity contribution in [1.82, 2.24) is 4.98 Å². The van der Waals surface area contributed by atoms with Crippen LogP contribution >= 0.6 is 0 Å². The molecule has 0 N–H and O–H groups in total. The van der Waals surface area contributed by atoms with E-state index in [0.29, 0.717) is 6.42 Å². The molecule has 0 amide bonds. The fraction of sp³-hybridized carbons (Fsp3) is 0.294. The van der Waals surface area contributed by atoms with Crippen LogP contribution in [0.3, 0.4) is 0 Å². The summed E-state index contributed by atoms with van der Waals surface area (Å²) in [5.74, 6) is 0. The first-order valence-corrected chi connectivity index (χ1v) is 6.44. The highest BCUT2D eigenvalue weighted by Crippen LogP contribution is 2.25. The van der Waals surface area contributed by atoms with E-state index in [0.717, 1.165) is 17.0 Å². The number of aromatic nitrogens is 1. The van der Waals surface area contributed by atoms with Gasteiger partial charge in [-0.3, -0.25) is 4.98 Å². The maximum Gasteiger partial charge on any atom is 0.0774 e. The molecule has 0 aliphatic rings. The Morgan fingerprint density at radius 2 is 1.74 bits per heavy atom. The molecule has 1 aromatic heterocycles. The van der Waals surface area contributed by atoms with Crippen LogP contribution in [0.1, 0.15) is 32.0 Å². The van der Waals surface area contributed by atoms with Crippen LogP contribution in [-0.2, 0) is 11.8 Å². The average Bonchev–Trinajstić information content (AvgIpc) is 2.39. The lowest BCUT2D eigenvalue weighted by Gasteiger charge is -2.19. The number of benzene rings is 1. The standard InChI is InChI=1S/C17H18N2/c1-17(2,3)14-9-7-13(8-10-14)16-6-4-5-15(19-16)11-12-18/h4-10H,11H2,1-3H3. The van der Waals surface area contributed by atoms with Crippen molar-refractivity contribution in [1.29, 1.82) is 5.26 Å². The molecule has 2 aromatic rings. The van der Waals surface area contributed by atoms with Crippen molar-refractivity contribution in [2.75, 3.05) is 0 Å². The second-order valence-electron chi connectivity index (χ2n) is 5.68. The van der Waals surface area contributed by atoms with Gasteiger partial charge in [-0.05, 0) is 23.1 Å². The van der Waals surface area contributed by atoms with Gasteiger partial charge in [-0.15, -0.1) is 0 Å². The van der Waals surface area contributed by atoms with E-state index in [9.17, 15) is 0 Å². The zero-order chi connectivity index (χ0) is 13.9. The van der Waals surface area contributed by atoms with Crippen LogP contribution in [0.5, 0.6) is 0 Å². The molecule has 2 rings (SSSR count). The van der Waals surface area contributed by atoms with Gasteiger partial charge in [0, 0.05) is 5.56 Å². The Hall–Kier alpha value is -2.14. The monoisotopic (exact) mass is 250 g/mol. The van der Waals surface area contributed by atoms with Gasteiger partial charge >= 0.3 is 0 Å². The van der Waals surface area contributed by atoms with Crippen LogP contribution in [0.25, 0.3) is 11.3 Å². The minimum Gasteiger partial charge on any atom is -0.252 e. The molecule has 1 aromatic carbocycles. The molecule has 2 heteroatoms. The molecule has 0 saturated heterocycles. The second kappa shape index (κ2) is 5.24. The first kappa shape index (κ1) is 13.3. The Labute approximate surface area is 114 Å². The Balaban J connectivity index is 2.32. The largest absolute Gasteiger partial charge is 0.252 e. The molecule has 0 aliphatic carbocycles. The summed E-state index contributed by atoms with van der Waals surface area (Å²) in [5.41, 5.74) is 4.31. The minimum atomic E-state index is 0.161. The minimum absolute atomic E-state index is 0.161. The number of rotatable bonds is 2. The molecule has 0 aliphatic heterocycles. The van der Waals surface area contributed by atoms with Gasteiger partial charge in [-0.2, -0.15) is 5.26 Å². The van der Waals surface area contributed by atoms with Crippen LogP contribution < -0.4 is 0 Å². The molecule has 19 heavy (non-hydrogen) atoms. The molecule has 0 atom stereocenters. The molecule has 1 heterocycles. The van der Waals surface area contributed by atoms with E-state index in [4.69, 9.17) is 5.26 Å². The first-order chi connectivity index (χ1) is 9.00. The number of hydrogen-bond donors (Lipinski definition) is 0. The van der Waals surface area contributed by atoms with Gasteiger partial charge < -0.3 is 0 Å². The normalized spacial score (nSPS) is 11.1. The third-order valence-electron chi connectivity index (χ3n) is 3.11. The van der Waals surface area contributed by atoms with Crippen molar-refractivity contribution in [2.24, 2.45) is 0 Å². The molecule has 0 saturated carbocycles. The van der Waals surface area contributed by atoms with Crippen LogP contribution in [0.4, 0.5) is 0 Å². The summed E-state index contributed by atoms with van der Waals surface area (Å²) < 4.78 is 0. The Morgan fingerprint density at radius 1 is 1.05 bits per heavy atom. The number of nitriles is 1. The third kappa shape index (κ3) is 3.20. The predicted molar refractivity (Wildman–Crippen MR) is 77.7 cm³/mol. The summed E-state index contributed by atoms with van der Waals surface area (Å²) in [6.07, 6.45) is 0.355. The lowest BCUT2D eigenvalue weighted by atomic mass is 9.86. The zero-order valence-electron chi connectivity index (χ0n) is 11.6. The second-order valence-corrected chi connectivity index (χ2v) is 5.68. The highest BCUT2D eigenvalue weighted by molar-refractivity contribution is 5.59. The number of nitrogens with zero attached hydrogens (tertiary/aromatic N) is 2. The Morgan fingerprint density at radius 3 is 2.32 bits per heavy atom. The van der Waals surface area contributed by atoms with Gasteiger partial charge in [0.05, 0.1) is 23.9 Å². The molecular weight excluding hydrogens is 232 g/mol. The van der Waals surface area contributed by atoms with E-state index in [1.165, 1.54) is 5.56 Å². The van der Waals surface area contributed by atoms with E-state index in [1.807, 2.05) is 18.2 Å². The Bertz CT molecular complexity index is 598. The summed E-state index contributed by atoms with van der Waals surface area (Å²) >= 11 is 0. The summed E-state index contributed by atoms with van der Waals surface area (Å²) in [7, 11) is 0. The lowest BCUT2D eigenvalue weighted by molar-refractivity contribution is 0.590. The van der Waals surface area contributed by atoms with E-state index < -0.39 is 0 Å². The highest BCUT2D eigenvalue weighted by atomic mass is 14.7. The smallest absolute Gasteiger partial charge is 0.0774 e. The average molecular weight is 250 g/mol. The predicted octanol–water partition coefficient (Wildman–Crippen LogP) is 4.11. The third-order valence-corrected chi connectivity index (χ3v) is 3.11. The highest BCUT2D eigenvalue weighted by Gasteiger charge is 2.13. The van der Waals surface area contributed by atoms with Crippen LogP contribution in [0, 0.1) is 11.3 Å². The van der Waals surface area contributed by atoms with Gasteiger partial charge in [0.2, 0.25) is 0 Å². The molecule has 96 valence electrons.